The molecule has 0 unspecified atom stereocenters. The molecule has 1 aliphatic heterocycles. The van der Waals surface area contributed by atoms with Crippen LogP contribution in [0.25, 0.3) is 0 Å². The largest absolute Gasteiger partial charge is 0.478 e. The van der Waals surface area contributed by atoms with Crippen LogP contribution in [-0.2, 0) is 6.54 Å². The van der Waals surface area contributed by atoms with Gasteiger partial charge in [0, 0.05) is 12.1 Å². The van der Waals surface area contributed by atoms with Crippen LogP contribution in [0, 0.1) is 6.92 Å². The molecule has 2 heterocycles. The number of hydrogen-bond donors (Lipinski definition) is 2. The molecule has 8 nitrogen and oxygen atoms in total. The third kappa shape index (κ3) is 3.53. The molecule has 146 valence electrons. The molecule has 3 rings (SSSR count). The van der Waals surface area contributed by atoms with Gasteiger partial charge in [-0.15, -0.1) is 0 Å². The van der Waals surface area contributed by atoms with Gasteiger partial charge in [0.25, 0.3) is 17.7 Å². The van der Waals surface area contributed by atoms with E-state index in [0.717, 1.165) is 12.8 Å². The normalized spacial score (nSPS) is 13.0. The van der Waals surface area contributed by atoms with E-state index in [2.05, 4.69) is 5.32 Å². The number of nitrogens with zero attached hydrogens (tertiary/aromatic N) is 1. The van der Waals surface area contributed by atoms with Crippen LogP contribution in [0.2, 0.25) is 0 Å². The lowest BCUT2D eigenvalue weighted by Gasteiger charge is -2.12. The fourth-order valence-corrected chi connectivity index (χ4v) is 3.06. The predicted molar refractivity (Wildman–Crippen MR) is 98.3 cm³/mol. The van der Waals surface area contributed by atoms with Crippen LogP contribution in [0.5, 0.6) is 0 Å². The number of nitrogens with one attached hydrogen (secondary N) is 1. The highest BCUT2D eigenvalue weighted by molar-refractivity contribution is 6.22. The van der Waals surface area contributed by atoms with Gasteiger partial charge in [-0.05, 0) is 37.6 Å². The second-order valence-electron chi connectivity index (χ2n) is 6.55. The van der Waals surface area contributed by atoms with Crippen LogP contribution in [0.1, 0.15) is 72.7 Å². The Balaban J connectivity index is 1.72. The number of hydrogen-bond acceptors (Lipinski definition) is 5. The topological polar surface area (TPSA) is 117 Å². The standard InChI is InChI=1S/C20H20N2O6/c1-3-4-7-22-18(24)14-6-5-12(8-16(14)19(22)25)17(23)21-10-13-9-15(20(26)27)11(2)28-13/h5-6,8-9H,3-4,7,10H2,1-2H3,(H,21,23)(H,26,27). The number of benzene rings is 1. The minimum Gasteiger partial charge on any atom is -0.478 e. The second-order valence-corrected chi connectivity index (χ2v) is 6.55. The minimum atomic E-state index is -1.10. The van der Waals surface area contributed by atoms with E-state index >= 15 is 0 Å². The van der Waals surface area contributed by atoms with E-state index in [9.17, 15) is 19.2 Å². The molecular formula is C20H20N2O6. The fraction of sp³-hybridized carbons (Fsp3) is 0.300. The quantitative estimate of drug-likeness (QED) is 0.709. The van der Waals surface area contributed by atoms with Crippen molar-refractivity contribution in [1.82, 2.24) is 10.2 Å². The van der Waals surface area contributed by atoms with Crippen LogP contribution >= 0.6 is 0 Å². The molecule has 0 fully saturated rings. The van der Waals surface area contributed by atoms with Crippen molar-refractivity contribution in [1.29, 1.82) is 0 Å². The molecule has 3 amide bonds. The van der Waals surface area contributed by atoms with Crippen molar-refractivity contribution in [2.24, 2.45) is 0 Å². The average molecular weight is 384 g/mol. The number of aromatic carboxylic acids is 1. The smallest absolute Gasteiger partial charge is 0.339 e. The van der Waals surface area contributed by atoms with E-state index in [-0.39, 0.29) is 34.9 Å². The maximum atomic E-state index is 12.5. The van der Waals surface area contributed by atoms with Crippen LogP contribution in [0.15, 0.2) is 28.7 Å². The first-order valence-electron chi connectivity index (χ1n) is 8.94. The summed E-state index contributed by atoms with van der Waals surface area (Å²) in [5, 5.41) is 11.7. The summed E-state index contributed by atoms with van der Waals surface area (Å²) >= 11 is 0. The molecule has 0 aliphatic carbocycles. The van der Waals surface area contributed by atoms with Gasteiger partial charge < -0.3 is 14.8 Å². The highest BCUT2D eigenvalue weighted by Gasteiger charge is 2.35. The molecule has 2 N–H and O–H groups in total. The number of unbranched alkanes of at least 4 members (excludes halogenated alkanes) is 1. The Hall–Kier alpha value is -3.42. The van der Waals surface area contributed by atoms with Crippen molar-refractivity contribution in [2.45, 2.75) is 33.2 Å². The summed E-state index contributed by atoms with van der Waals surface area (Å²) in [7, 11) is 0. The van der Waals surface area contributed by atoms with Gasteiger partial charge in [-0.1, -0.05) is 13.3 Å². The monoisotopic (exact) mass is 384 g/mol. The number of carbonyl (C=O) groups is 4. The molecule has 28 heavy (non-hydrogen) atoms. The molecule has 0 atom stereocenters. The van der Waals surface area contributed by atoms with Crippen LogP contribution < -0.4 is 5.32 Å². The van der Waals surface area contributed by atoms with Gasteiger partial charge in [-0.2, -0.15) is 0 Å². The zero-order valence-electron chi connectivity index (χ0n) is 15.6. The Morgan fingerprint density at radius 3 is 2.50 bits per heavy atom. The molecular weight excluding hydrogens is 364 g/mol. The fourth-order valence-electron chi connectivity index (χ4n) is 3.06. The average Bonchev–Trinajstić information content (AvgIpc) is 3.16. The Morgan fingerprint density at radius 1 is 1.14 bits per heavy atom. The van der Waals surface area contributed by atoms with Crippen molar-refractivity contribution < 1.29 is 28.7 Å². The summed E-state index contributed by atoms with van der Waals surface area (Å²) in [6.07, 6.45) is 1.58. The second kappa shape index (κ2) is 7.67. The number of rotatable bonds is 7. The number of aryl methyl sites for hydroxylation is 1. The first-order chi connectivity index (χ1) is 13.3. The molecule has 1 aliphatic rings. The van der Waals surface area contributed by atoms with E-state index in [1.54, 1.807) is 0 Å². The highest BCUT2D eigenvalue weighted by Crippen LogP contribution is 2.24. The number of fused-ring (bicyclic) bond motifs is 1. The molecule has 2 aromatic rings. The molecule has 0 saturated carbocycles. The summed E-state index contributed by atoms with van der Waals surface area (Å²) in [5.41, 5.74) is 0.790. The Bertz CT molecular complexity index is 975. The SMILES string of the molecule is CCCCN1C(=O)c2ccc(C(=O)NCc3cc(C(=O)O)c(C)o3)cc2C1=O. The molecule has 1 aromatic carbocycles. The third-order valence-electron chi connectivity index (χ3n) is 4.59. The third-order valence-corrected chi connectivity index (χ3v) is 4.59. The van der Waals surface area contributed by atoms with Crippen LogP contribution in [-0.4, -0.2) is 40.2 Å². The highest BCUT2D eigenvalue weighted by atomic mass is 16.4. The Kier molecular flexibility index (Phi) is 5.30. The summed E-state index contributed by atoms with van der Waals surface area (Å²) < 4.78 is 5.32. The molecule has 0 spiro atoms. The number of carboxylic acids is 1. The first kappa shape index (κ1) is 19.3. The lowest BCUT2D eigenvalue weighted by atomic mass is 10.1. The van der Waals surface area contributed by atoms with Crippen molar-refractivity contribution in [3.8, 4) is 0 Å². The number of imide groups is 1. The van der Waals surface area contributed by atoms with Crippen molar-refractivity contribution in [3.63, 3.8) is 0 Å². The molecule has 0 saturated heterocycles. The maximum Gasteiger partial charge on any atom is 0.339 e. The van der Waals surface area contributed by atoms with Gasteiger partial charge in [-0.3, -0.25) is 19.3 Å². The first-order valence-corrected chi connectivity index (χ1v) is 8.94. The molecule has 0 bridgehead atoms. The Morgan fingerprint density at radius 2 is 1.86 bits per heavy atom. The van der Waals surface area contributed by atoms with Crippen molar-refractivity contribution in [2.75, 3.05) is 6.54 Å². The minimum absolute atomic E-state index is 0.000456. The van der Waals surface area contributed by atoms with E-state index in [0.29, 0.717) is 17.9 Å². The predicted octanol–water partition coefficient (Wildman–Crippen LogP) is 2.61. The summed E-state index contributed by atoms with van der Waals surface area (Å²) in [5.74, 6) is -1.73. The zero-order chi connectivity index (χ0) is 20.4. The van der Waals surface area contributed by atoms with Crippen LogP contribution in [0.3, 0.4) is 0 Å². The molecule has 0 radical (unpaired) electrons. The lowest BCUT2D eigenvalue weighted by Crippen LogP contribution is -2.30. The van der Waals surface area contributed by atoms with E-state index < -0.39 is 17.8 Å². The maximum absolute atomic E-state index is 12.5. The Labute approximate surface area is 161 Å². The summed E-state index contributed by atoms with van der Waals surface area (Å²) in [6, 6.07) is 5.73. The van der Waals surface area contributed by atoms with Gasteiger partial charge in [0.15, 0.2) is 0 Å². The van der Waals surface area contributed by atoms with Gasteiger partial charge >= 0.3 is 5.97 Å². The number of furan rings is 1. The lowest BCUT2D eigenvalue weighted by molar-refractivity contribution is 0.0648. The summed E-state index contributed by atoms with van der Waals surface area (Å²) in [4.78, 5) is 49.5. The van der Waals surface area contributed by atoms with Gasteiger partial charge in [0.05, 0.1) is 17.7 Å². The number of carbonyl (C=O) groups excluding carboxylic acids is 3. The number of amides is 3. The van der Waals surface area contributed by atoms with Crippen molar-refractivity contribution >= 4 is 23.7 Å². The molecule has 1 aromatic heterocycles. The van der Waals surface area contributed by atoms with E-state index in [1.807, 2.05) is 6.92 Å². The molecule has 8 heteroatoms. The number of carboxylic acid groups (broad SMARTS) is 1. The summed E-state index contributed by atoms with van der Waals surface area (Å²) in [6.45, 7) is 3.86. The zero-order valence-corrected chi connectivity index (χ0v) is 15.6. The van der Waals surface area contributed by atoms with E-state index in [1.165, 1.54) is 36.1 Å². The van der Waals surface area contributed by atoms with Gasteiger partial charge in [0.1, 0.15) is 17.1 Å². The van der Waals surface area contributed by atoms with Gasteiger partial charge in [0.2, 0.25) is 0 Å². The van der Waals surface area contributed by atoms with Crippen molar-refractivity contribution in [3.05, 3.63) is 58.0 Å². The van der Waals surface area contributed by atoms with Crippen LogP contribution in [0.4, 0.5) is 0 Å². The van der Waals surface area contributed by atoms with Gasteiger partial charge in [-0.25, -0.2) is 4.79 Å². The van der Waals surface area contributed by atoms with E-state index in [4.69, 9.17) is 9.52 Å².